The van der Waals surface area contributed by atoms with Gasteiger partial charge in [-0.2, -0.15) is 0 Å². The topological polar surface area (TPSA) is 98.8 Å². The van der Waals surface area contributed by atoms with Crippen LogP contribution in [0.5, 0.6) is 0 Å². The van der Waals surface area contributed by atoms with Gasteiger partial charge in [0.25, 0.3) is 5.91 Å². The molecule has 31 heavy (non-hydrogen) atoms. The van der Waals surface area contributed by atoms with Gasteiger partial charge < -0.3 is 15.5 Å². The Morgan fingerprint density at radius 1 is 1.10 bits per heavy atom. The summed E-state index contributed by atoms with van der Waals surface area (Å²) in [6.45, 7) is 1.70. The van der Waals surface area contributed by atoms with E-state index in [0.717, 1.165) is 35.8 Å². The van der Waals surface area contributed by atoms with Crippen molar-refractivity contribution in [1.82, 2.24) is 14.5 Å². The second-order valence-electron chi connectivity index (χ2n) is 7.44. The summed E-state index contributed by atoms with van der Waals surface area (Å²) in [5, 5.41) is 5.77. The summed E-state index contributed by atoms with van der Waals surface area (Å²) in [6, 6.07) is 11.1. The molecule has 1 fully saturated rings. The van der Waals surface area contributed by atoms with Crippen LogP contribution in [0.3, 0.4) is 0 Å². The number of hydrogen-bond acceptors (Lipinski definition) is 4. The largest absolute Gasteiger partial charge is 0.348 e. The predicted octanol–water partition coefficient (Wildman–Crippen LogP) is 3.15. The number of halogens is 1. The van der Waals surface area contributed by atoms with Crippen LogP contribution in [-0.4, -0.2) is 56.7 Å². The van der Waals surface area contributed by atoms with Crippen LogP contribution in [0, 0.1) is 0 Å². The third-order valence-electron chi connectivity index (χ3n) is 4.99. The number of likely N-dealkylation sites (tertiary alicyclic amines) is 1. The lowest BCUT2D eigenvalue weighted by molar-refractivity contribution is 0.0951. The Morgan fingerprint density at radius 2 is 1.81 bits per heavy atom. The third-order valence-corrected chi connectivity index (χ3v) is 7.13. The monoisotopic (exact) mass is 464 g/mol. The minimum absolute atomic E-state index is 0.0151. The van der Waals surface area contributed by atoms with E-state index in [1.165, 1.54) is 32.3 Å². The standard InChI is InChI=1S/C21H25ClN4O4S/c1-25(2)31(29,30)17-8-9-19(22)18(13-17)20(27)23-14-15-6-5-7-16(12-15)24-21(28)26-10-3-4-11-26/h5-9,12-13H,3-4,10-11,14H2,1-2H3,(H,23,27)(H,24,28). The van der Waals surface area contributed by atoms with Gasteiger partial charge in [-0.1, -0.05) is 23.7 Å². The molecule has 1 heterocycles. The van der Waals surface area contributed by atoms with Gasteiger partial charge in [0.1, 0.15) is 0 Å². The minimum atomic E-state index is -3.69. The van der Waals surface area contributed by atoms with Gasteiger partial charge in [0.05, 0.1) is 15.5 Å². The molecular formula is C21H25ClN4O4S. The van der Waals surface area contributed by atoms with Crippen molar-refractivity contribution in [3.8, 4) is 0 Å². The van der Waals surface area contributed by atoms with Crippen molar-refractivity contribution in [2.24, 2.45) is 0 Å². The molecule has 0 bridgehead atoms. The predicted molar refractivity (Wildman–Crippen MR) is 120 cm³/mol. The van der Waals surface area contributed by atoms with Crippen LogP contribution < -0.4 is 10.6 Å². The first-order valence-corrected chi connectivity index (χ1v) is 11.7. The van der Waals surface area contributed by atoms with E-state index in [4.69, 9.17) is 11.6 Å². The quantitative estimate of drug-likeness (QED) is 0.686. The second kappa shape index (κ2) is 9.67. The van der Waals surface area contributed by atoms with Gasteiger partial charge in [-0.15, -0.1) is 0 Å². The molecule has 2 N–H and O–H groups in total. The highest BCUT2D eigenvalue weighted by Gasteiger charge is 2.21. The Balaban J connectivity index is 1.68. The van der Waals surface area contributed by atoms with Crippen molar-refractivity contribution < 1.29 is 18.0 Å². The van der Waals surface area contributed by atoms with Crippen molar-refractivity contribution in [2.45, 2.75) is 24.3 Å². The average Bonchev–Trinajstić information content (AvgIpc) is 3.27. The summed E-state index contributed by atoms with van der Waals surface area (Å²) >= 11 is 6.13. The number of benzene rings is 2. The molecule has 3 rings (SSSR count). The Morgan fingerprint density at radius 3 is 2.48 bits per heavy atom. The normalized spacial score (nSPS) is 14.0. The highest BCUT2D eigenvalue weighted by molar-refractivity contribution is 7.89. The van der Waals surface area contributed by atoms with Gasteiger partial charge in [0, 0.05) is 39.4 Å². The van der Waals surface area contributed by atoms with Crippen LogP contribution in [0.25, 0.3) is 0 Å². The van der Waals surface area contributed by atoms with Crippen molar-refractivity contribution >= 4 is 39.2 Å². The summed E-state index contributed by atoms with van der Waals surface area (Å²) in [6.07, 6.45) is 2.03. The van der Waals surface area contributed by atoms with E-state index in [1.807, 2.05) is 6.07 Å². The number of carbonyl (C=O) groups excluding carboxylic acids is 2. The van der Waals surface area contributed by atoms with Crippen LogP contribution in [0.1, 0.15) is 28.8 Å². The number of nitrogens with zero attached hydrogens (tertiary/aromatic N) is 2. The Kier molecular flexibility index (Phi) is 7.19. The number of rotatable bonds is 6. The van der Waals surface area contributed by atoms with Crippen molar-refractivity contribution in [1.29, 1.82) is 0 Å². The van der Waals surface area contributed by atoms with Crippen LogP contribution >= 0.6 is 11.6 Å². The molecule has 0 unspecified atom stereocenters. The van der Waals surface area contributed by atoms with Gasteiger partial charge in [-0.3, -0.25) is 4.79 Å². The first-order valence-electron chi connectivity index (χ1n) is 9.83. The smallest absolute Gasteiger partial charge is 0.321 e. The molecule has 1 aliphatic rings. The van der Waals surface area contributed by atoms with E-state index < -0.39 is 15.9 Å². The van der Waals surface area contributed by atoms with Gasteiger partial charge in [-0.05, 0) is 48.7 Å². The Labute approximate surface area is 187 Å². The molecule has 3 amide bonds. The molecule has 0 spiro atoms. The number of nitrogens with one attached hydrogen (secondary N) is 2. The summed E-state index contributed by atoms with van der Waals surface area (Å²) < 4.78 is 25.7. The fourth-order valence-electron chi connectivity index (χ4n) is 3.21. The van der Waals surface area contributed by atoms with E-state index in [-0.39, 0.29) is 28.1 Å². The van der Waals surface area contributed by atoms with E-state index in [9.17, 15) is 18.0 Å². The van der Waals surface area contributed by atoms with Crippen LogP contribution in [0.15, 0.2) is 47.4 Å². The van der Waals surface area contributed by atoms with Gasteiger partial charge in [-0.25, -0.2) is 17.5 Å². The summed E-state index contributed by atoms with van der Waals surface area (Å²) in [7, 11) is -0.859. The maximum Gasteiger partial charge on any atom is 0.321 e. The van der Waals surface area contributed by atoms with E-state index in [0.29, 0.717) is 5.69 Å². The fourth-order valence-corrected chi connectivity index (χ4v) is 4.34. The average molecular weight is 465 g/mol. The lowest BCUT2D eigenvalue weighted by atomic mass is 10.1. The zero-order valence-corrected chi connectivity index (χ0v) is 19.0. The zero-order chi connectivity index (χ0) is 22.6. The molecule has 166 valence electrons. The fraction of sp³-hybridized carbons (Fsp3) is 0.333. The molecule has 1 saturated heterocycles. The SMILES string of the molecule is CN(C)S(=O)(=O)c1ccc(Cl)c(C(=O)NCc2cccc(NC(=O)N3CCCC3)c2)c1. The summed E-state index contributed by atoms with van der Waals surface area (Å²) in [5.74, 6) is -0.493. The van der Waals surface area contributed by atoms with E-state index in [2.05, 4.69) is 10.6 Å². The van der Waals surface area contributed by atoms with Gasteiger partial charge >= 0.3 is 6.03 Å². The molecular weight excluding hydrogens is 440 g/mol. The maximum absolute atomic E-state index is 12.6. The molecule has 8 nitrogen and oxygen atoms in total. The lowest BCUT2D eigenvalue weighted by Crippen LogP contribution is -2.32. The van der Waals surface area contributed by atoms with Crippen molar-refractivity contribution in [3.63, 3.8) is 0 Å². The molecule has 1 aliphatic heterocycles. The summed E-state index contributed by atoms with van der Waals surface area (Å²) in [5.41, 5.74) is 1.49. The molecule has 0 aliphatic carbocycles. The lowest BCUT2D eigenvalue weighted by Gasteiger charge is -2.16. The molecule has 2 aromatic rings. The van der Waals surface area contributed by atoms with Gasteiger partial charge in [0.15, 0.2) is 0 Å². The first kappa shape index (κ1) is 23.1. The number of anilines is 1. The number of urea groups is 1. The Hall–Kier alpha value is -2.62. The molecule has 0 aromatic heterocycles. The van der Waals surface area contributed by atoms with Crippen LogP contribution in [0.4, 0.5) is 10.5 Å². The molecule has 0 atom stereocenters. The molecule has 0 radical (unpaired) electrons. The zero-order valence-electron chi connectivity index (χ0n) is 17.4. The number of sulfonamides is 1. The molecule has 10 heteroatoms. The second-order valence-corrected chi connectivity index (χ2v) is 10.00. The number of carbonyl (C=O) groups is 2. The van der Waals surface area contributed by atoms with Crippen molar-refractivity contribution in [3.05, 3.63) is 58.6 Å². The minimum Gasteiger partial charge on any atom is -0.348 e. The van der Waals surface area contributed by atoms with Crippen molar-refractivity contribution in [2.75, 3.05) is 32.5 Å². The van der Waals surface area contributed by atoms with Crippen LogP contribution in [0.2, 0.25) is 5.02 Å². The summed E-state index contributed by atoms with van der Waals surface area (Å²) in [4.78, 5) is 26.7. The Bertz CT molecular complexity index is 1080. The highest BCUT2D eigenvalue weighted by atomic mass is 35.5. The number of amides is 3. The van der Waals surface area contributed by atoms with E-state index >= 15 is 0 Å². The molecule has 0 saturated carbocycles. The van der Waals surface area contributed by atoms with E-state index in [1.54, 1.807) is 23.1 Å². The first-order chi connectivity index (χ1) is 14.7. The van der Waals surface area contributed by atoms with Crippen LogP contribution in [-0.2, 0) is 16.6 Å². The third kappa shape index (κ3) is 5.55. The molecule has 2 aromatic carbocycles. The highest BCUT2D eigenvalue weighted by Crippen LogP contribution is 2.22. The maximum atomic E-state index is 12.6. The number of hydrogen-bond donors (Lipinski definition) is 2. The van der Waals surface area contributed by atoms with Gasteiger partial charge in [0.2, 0.25) is 10.0 Å².